The quantitative estimate of drug-likeness (QED) is 0.797. The van der Waals surface area contributed by atoms with Crippen LogP contribution in [0.5, 0.6) is 0 Å². The van der Waals surface area contributed by atoms with Gasteiger partial charge < -0.3 is 11.1 Å². The van der Waals surface area contributed by atoms with E-state index in [4.69, 9.17) is 5.73 Å². The van der Waals surface area contributed by atoms with Gasteiger partial charge in [0.2, 0.25) is 5.91 Å². The Labute approximate surface area is 96.0 Å². The van der Waals surface area contributed by atoms with Gasteiger partial charge in [-0.25, -0.2) is 0 Å². The zero-order chi connectivity index (χ0) is 11.7. The summed E-state index contributed by atoms with van der Waals surface area (Å²) in [5, 5.41) is 2.97. The molecule has 0 heterocycles. The number of hydrogen-bond donors (Lipinski definition) is 2. The highest BCUT2D eigenvalue weighted by molar-refractivity contribution is 5.93. The van der Waals surface area contributed by atoms with E-state index in [1.807, 2.05) is 26.0 Å². The molecule has 1 aliphatic carbocycles. The highest BCUT2D eigenvalue weighted by Crippen LogP contribution is 2.27. The van der Waals surface area contributed by atoms with Gasteiger partial charge in [-0.2, -0.15) is 0 Å². The van der Waals surface area contributed by atoms with Gasteiger partial charge in [-0.15, -0.1) is 0 Å². The Balaban J connectivity index is 2.01. The van der Waals surface area contributed by atoms with Crippen LogP contribution in [0.25, 0.3) is 0 Å². The van der Waals surface area contributed by atoms with E-state index in [2.05, 4.69) is 11.4 Å². The van der Waals surface area contributed by atoms with E-state index >= 15 is 0 Å². The zero-order valence-corrected chi connectivity index (χ0v) is 9.79. The van der Waals surface area contributed by atoms with Crippen molar-refractivity contribution in [3.05, 3.63) is 29.3 Å². The molecular weight excluding hydrogens is 200 g/mol. The Morgan fingerprint density at radius 1 is 1.38 bits per heavy atom. The molecule has 1 aromatic carbocycles. The fourth-order valence-corrected chi connectivity index (χ4v) is 2.06. The molecule has 3 N–H and O–H groups in total. The van der Waals surface area contributed by atoms with Crippen molar-refractivity contribution in [3.8, 4) is 0 Å². The first kappa shape index (κ1) is 11.1. The molecule has 1 aliphatic rings. The smallest absolute Gasteiger partial charge is 0.227 e. The van der Waals surface area contributed by atoms with Gasteiger partial charge >= 0.3 is 0 Å². The van der Waals surface area contributed by atoms with Crippen LogP contribution in [-0.2, 0) is 4.79 Å². The predicted molar refractivity (Wildman–Crippen MR) is 65.2 cm³/mol. The standard InChI is InChI=1S/C13H18N2O/c1-8-3-4-12(9(2)5-8)15-13(16)10-6-11(14)7-10/h3-5,10-11H,6-7,14H2,1-2H3,(H,15,16). The van der Waals surface area contributed by atoms with Crippen LogP contribution in [0.4, 0.5) is 5.69 Å². The zero-order valence-electron chi connectivity index (χ0n) is 9.79. The van der Waals surface area contributed by atoms with Crippen LogP contribution in [0.2, 0.25) is 0 Å². The Morgan fingerprint density at radius 2 is 2.06 bits per heavy atom. The van der Waals surface area contributed by atoms with Crippen molar-refractivity contribution < 1.29 is 4.79 Å². The maximum absolute atomic E-state index is 11.8. The minimum absolute atomic E-state index is 0.105. The summed E-state index contributed by atoms with van der Waals surface area (Å²) in [6.45, 7) is 4.05. The van der Waals surface area contributed by atoms with E-state index in [1.165, 1.54) is 5.56 Å². The third-order valence-electron chi connectivity index (χ3n) is 3.19. The second kappa shape index (κ2) is 4.26. The minimum atomic E-state index is 0.105. The number of nitrogens with two attached hydrogens (primary N) is 1. The fourth-order valence-electron chi connectivity index (χ4n) is 2.06. The fraction of sp³-hybridized carbons (Fsp3) is 0.462. The van der Waals surface area contributed by atoms with Gasteiger partial charge in [-0.05, 0) is 38.3 Å². The molecule has 1 saturated carbocycles. The molecule has 1 amide bonds. The summed E-state index contributed by atoms with van der Waals surface area (Å²) in [5.74, 6) is 0.212. The lowest BCUT2D eigenvalue weighted by Crippen LogP contribution is -2.42. The monoisotopic (exact) mass is 218 g/mol. The molecule has 0 aliphatic heterocycles. The lowest BCUT2D eigenvalue weighted by molar-refractivity contribution is -0.122. The second-order valence-electron chi connectivity index (χ2n) is 4.74. The van der Waals surface area contributed by atoms with Crippen molar-refractivity contribution in [1.82, 2.24) is 0 Å². The van der Waals surface area contributed by atoms with E-state index in [9.17, 15) is 4.79 Å². The van der Waals surface area contributed by atoms with Gasteiger partial charge in [0, 0.05) is 17.6 Å². The van der Waals surface area contributed by atoms with Gasteiger partial charge in [0.1, 0.15) is 0 Å². The molecule has 86 valence electrons. The van der Waals surface area contributed by atoms with E-state index in [0.717, 1.165) is 24.1 Å². The largest absolute Gasteiger partial charge is 0.328 e. The number of rotatable bonds is 2. The molecule has 0 aromatic heterocycles. The number of nitrogens with one attached hydrogen (secondary N) is 1. The average molecular weight is 218 g/mol. The first-order chi connectivity index (χ1) is 7.56. The van der Waals surface area contributed by atoms with Crippen LogP contribution in [0.15, 0.2) is 18.2 Å². The number of aryl methyl sites for hydroxylation is 2. The number of amides is 1. The van der Waals surface area contributed by atoms with Crippen LogP contribution in [0.3, 0.4) is 0 Å². The summed E-state index contributed by atoms with van der Waals surface area (Å²) >= 11 is 0. The van der Waals surface area contributed by atoms with Crippen molar-refractivity contribution in [3.63, 3.8) is 0 Å². The highest BCUT2D eigenvalue weighted by Gasteiger charge is 2.31. The van der Waals surface area contributed by atoms with Crippen molar-refractivity contribution in [2.75, 3.05) is 5.32 Å². The molecule has 3 nitrogen and oxygen atoms in total. The Bertz CT molecular complexity index is 408. The normalized spacial score (nSPS) is 23.7. The first-order valence-electron chi connectivity index (χ1n) is 5.70. The summed E-state index contributed by atoms with van der Waals surface area (Å²) in [7, 11) is 0. The molecule has 0 spiro atoms. The van der Waals surface area contributed by atoms with Crippen molar-refractivity contribution in [1.29, 1.82) is 0 Å². The van der Waals surface area contributed by atoms with E-state index in [1.54, 1.807) is 0 Å². The van der Waals surface area contributed by atoms with E-state index in [-0.39, 0.29) is 17.9 Å². The lowest BCUT2D eigenvalue weighted by atomic mass is 9.80. The SMILES string of the molecule is Cc1ccc(NC(=O)C2CC(N)C2)c(C)c1. The Morgan fingerprint density at radius 3 is 2.62 bits per heavy atom. The summed E-state index contributed by atoms with van der Waals surface area (Å²) in [5.41, 5.74) is 8.90. The van der Waals surface area contributed by atoms with Crippen molar-refractivity contribution in [2.45, 2.75) is 32.7 Å². The summed E-state index contributed by atoms with van der Waals surface area (Å²) in [4.78, 5) is 11.8. The maximum Gasteiger partial charge on any atom is 0.227 e. The van der Waals surface area contributed by atoms with Gasteiger partial charge in [0.25, 0.3) is 0 Å². The summed E-state index contributed by atoms with van der Waals surface area (Å²) in [6.07, 6.45) is 1.63. The predicted octanol–water partition coefficient (Wildman–Crippen LogP) is 1.98. The summed E-state index contributed by atoms with van der Waals surface area (Å²) < 4.78 is 0. The first-order valence-corrected chi connectivity index (χ1v) is 5.70. The van der Waals surface area contributed by atoms with Crippen molar-refractivity contribution in [2.24, 2.45) is 11.7 Å². The second-order valence-corrected chi connectivity index (χ2v) is 4.74. The molecular formula is C13H18N2O. The maximum atomic E-state index is 11.8. The Kier molecular flexibility index (Phi) is 2.97. The third-order valence-corrected chi connectivity index (χ3v) is 3.19. The molecule has 1 fully saturated rings. The van der Waals surface area contributed by atoms with E-state index in [0.29, 0.717) is 0 Å². The minimum Gasteiger partial charge on any atom is -0.328 e. The van der Waals surface area contributed by atoms with Gasteiger partial charge in [0.05, 0.1) is 0 Å². The van der Waals surface area contributed by atoms with E-state index < -0.39 is 0 Å². The van der Waals surface area contributed by atoms with Gasteiger partial charge in [0.15, 0.2) is 0 Å². The van der Waals surface area contributed by atoms with Crippen LogP contribution >= 0.6 is 0 Å². The van der Waals surface area contributed by atoms with Crippen LogP contribution in [0.1, 0.15) is 24.0 Å². The number of benzene rings is 1. The molecule has 0 radical (unpaired) electrons. The number of carbonyl (C=O) groups is 1. The third kappa shape index (κ3) is 2.25. The summed E-state index contributed by atoms with van der Waals surface area (Å²) in [6, 6.07) is 6.26. The molecule has 0 atom stereocenters. The number of carbonyl (C=O) groups excluding carboxylic acids is 1. The Hall–Kier alpha value is -1.35. The molecule has 16 heavy (non-hydrogen) atoms. The lowest BCUT2D eigenvalue weighted by Gasteiger charge is -2.31. The van der Waals surface area contributed by atoms with Crippen LogP contribution < -0.4 is 11.1 Å². The molecule has 3 heteroatoms. The molecule has 1 aromatic rings. The van der Waals surface area contributed by atoms with Gasteiger partial charge in [-0.1, -0.05) is 17.7 Å². The number of hydrogen-bond acceptors (Lipinski definition) is 2. The molecule has 0 bridgehead atoms. The van der Waals surface area contributed by atoms with Crippen molar-refractivity contribution >= 4 is 11.6 Å². The topological polar surface area (TPSA) is 55.1 Å². The highest BCUT2D eigenvalue weighted by atomic mass is 16.1. The average Bonchev–Trinajstić information content (AvgIpc) is 2.17. The van der Waals surface area contributed by atoms with Gasteiger partial charge in [-0.3, -0.25) is 4.79 Å². The molecule has 2 rings (SSSR count). The number of anilines is 1. The van der Waals surface area contributed by atoms with Crippen LogP contribution in [-0.4, -0.2) is 11.9 Å². The molecule has 0 unspecified atom stereocenters. The molecule has 0 saturated heterocycles. The van der Waals surface area contributed by atoms with Crippen LogP contribution in [0, 0.1) is 19.8 Å².